The van der Waals surface area contributed by atoms with E-state index in [1.165, 1.54) is 6.20 Å². The molecule has 6 heteroatoms. The molecule has 0 saturated heterocycles. The van der Waals surface area contributed by atoms with Gasteiger partial charge in [0.1, 0.15) is 4.90 Å². The molecule has 1 aromatic carbocycles. The summed E-state index contributed by atoms with van der Waals surface area (Å²) in [5.41, 5.74) is 8.27. The van der Waals surface area contributed by atoms with Crippen LogP contribution in [0.15, 0.2) is 41.6 Å². The summed E-state index contributed by atoms with van der Waals surface area (Å²) < 4.78 is 27.0. The molecule has 19 heavy (non-hydrogen) atoms. The SMILES string of the molecule is Cc1cc(N)c(S(=O)(=O)Nc2cccnc2)cc1C. The predicted octanol–water partition coefficient (Wildman–Crippen LogP) is 2.08. The number of aryl methyl sites for hydroxylation is 2. The van der Waals surface area contributed by atoms with Crippen LogP contribution >= 0.6 is 0 Å². The number of nitrogen functional groups attached to an aromatic ring is 1. The van der Waals surface area contributed by atoms with Crippen LogP contribution in [0.25, 0.3) is 0 Å². The largest absolute Gasteiger partial charge is 0.398 e. The minimum absolute atomic E-state index is 0.0828. The highest BCUT2D eigenvalue weighted by molar-refractivity contribution is 7.92. The fourth-order valence-electron chi connectivity index (χ4n) is 1.68. The van der Waals surface area contributed by atoms with E-state index in [4.69, 9.17) is 5.73 Å². The lowest BCUT2D eigenvalue weighted by Gasteiger charge is -2.12. The van der Waals surface area contributed by atoms with Crippen molar-refractivity contribution in [2.24, 2.45) is 0 Å². The molecular formula is C13H15N3O2S. The van der Waals surface area contributed by atoms with Gasteiger partial charge in [0.25, 0.3) is 10.0 Å². The summed E-state index contributed by atoms with van der Waals surface area (Å²) in [5, 5.41) is 0. The van der Waals surface area contributed by atoms with Crippen molar-refractivity contribution in [3.8, 4) is 0 Å². The molecule has 0 amide bonds. The first kappa shape index (κ1) is 13.4. The van der Waals surface area contributed by atoms with Gasteiger partial charge in [0, 0.05) is 6.20 Å². The van der Waals surface area contributed by atoms with E-state index >= 15 is 0 Å². The van der Waals surface area contributed by atoms with Crippen LogP contribution in [0.3, 0.4) is 0 Å². The number of rotatable bonds is 3. The summed E-state index contributed by atoms with van der Waals surface area (Å²) >= 11 is 0. The standard InChI is InChI=1S/C13H15N3O2S/c1-9-6-12(14)13(7-10(9)2)19(17,18)16-11-4-3-5-15-8-11/h3-8,16H,14H2,1-2H3. The smallest absolute Gasteiger partial charge is 0.264 e. The first-order chi connectivity index (χ1) is 8.90. The van der Waals surface area contributed by atoms with Crippen molar-refractivity contribution in [2.45, 2.75) is 18.7 Å². The number of nitrogens with zero attached hydrogens (tertiary/aromatic N) is 1. The number of sulfonamides is 1. The van der Waals surface area contributed by atoms with Crippen molar-refractivity contribution in [3.63, 3.8) is 0 Å². The van der Waals surface area contributed by atoms with Gasteiger partial charge in [-0.1, -0.05) is 0 Å². The average Bonchev–Trinajstić information content (AvgIpc) is 2.34. The first-order valence-corrected chi connectivity index (χ1v) is 7.18. The number of aromatic nitrogens is 1. The Morgan fingerprint density at radius 1 is 1.21 bits per heavy atom. The Hall–Kier alpha value is -2.08. The summed E-state index contributed by atoms with van der Waals surface area (Å²) in [6, 6.07) is 6.51. The van der Waals surface area contributed by atoms with E-state index in [1.807, 2.05) is 13.8 Å². The van der Waals surface area contributed by atoms with Crippen LogP contribution in [0, 0.1) is 13.8 Å². The summed E-state index contributed by atoms with van der Waals surface area (Å²) in [5.74, 6) is 0. The maximum Gasteiger partial charge on any atom is 0.264 e. The van der Waals surface area contributed by atoms with Crippen LogP contribution in [0.1, 0.15) is 11.1 Å². The van der Waals surface area contributed by atoms with Gasteiger partial charge in [0.15, 0.2) is 0 Å². The summed E-state index contributed by atoms with van der Waals surface area (Å²) in [6.07, 6.45) is 3.01. The van der Waals surface area contributed by atoms with Crippen molar-refractivity contribution < 1.29 is 8.42 Å². The second-order valence-corrected chi connectivity index (χ2v) is 5.97. The van der Waals surface area contributed by atoms with Gasteiger partial charge in [-0.2, -0.15) is 0 Å². The van der Waals surface area contributed by atoms with Gasteiger partial charge in [0.2, 0.25) is 0 Å². The maximum atomic E-state index is 12.3. The van der Waals surface area contributed by atoms with E-state index < -0.39 is 10.0 Å². The fraction of sp³-hybridized carbons (Fsp3) is 0.154. The third kappa shape index (κ3) is 2.85. The van der Waals surface area contributed by atoms with Gasteiger partial charge in [0.05, 0.1) is 17.6 Å². The molecule has 0 unspecified atom stereocenters. The molecule has 0 aliphatic heterocycles. The molecule has 3 N–H and O–H groups in total. The maximum absolute atomic E-state index is 12.3. The number of pyridine rings is 1. The van der Waals surface area contributed by atoms with E-state index in [-0.39, 0.29) is 10.6 Å². The van der Waals surface area contributed by atoms with Crippen LogP contribution in [0.4, 0.5) is 11.4 Å². The molecule has 0 spiro atoms. The third-order valence-corrected chi connectivity index (χ3v) is 4.27. The molecule has 2 aromatic rings. The Kier molecular flexibility index (Phi) is 3.44. The van der Waals surface area contributed by atoms with Gasteiger partial charge >= 0.3 is 0 Å². The van der Waals surface area contributed by atoms with E-state index in [0.717, 1.165) is 11.1 Å². The number of hydrogen-bond donors (Lipinski definition) is 2. The molecule has 1 heterocycles. The molecule has 0 atom stereocenters. The molecule has 2 rings (SSSR count). The highest BCUT2D eigenvalue weighted by Crippen LogP contribution is 2.24. The van der Waals surface area contributed by atoms with Crippen molar-refractivity contribution >= 4 is 21.4 Å². The Balaban J connectivity index is 2.43. The van der Waals surface area contributed by atoms with E-state index in [2.05, 4.69) is 9.71 Å². The Bertz CT molecular complexity index is 697. The molecule has 100 valence electrons. The topological polar surface area (TPSA) is 85.1 Å². The first-order valence-electron chi connectivity index (χ1n) is 5.70. The number of nitrogens with two attached hydrogens (primary N) is 1. The molecular weight excluding hydrogens is 262 g/mol. The third-order valence-electron chi connectivity index (χ3n) is 2.83. The minimum atomic E-state index is -3.70. The zero-order chi connectivity index (χ0) is 14.0. The van der Waals surface area contributed by atoms with Crippen molar-refractivity contribution in [1.29, 1.82) is 0 Å². The van der Waals surface area contributed by atoms with Crippen molar-refractivity contribution in [1.82, 2.24) is 4.98 Å². The zero-order valence-corrected chi connectivity index (χ0v) is 11.5. The van der Waals surface area contributed by atoms with E-state index in [1.54, 1.807) is 30.5 Å². The molecule has 1 aromatic heterocycles. The highest BCUT2D eigenvalue weighted by Gasteiger charge is 2.18. The van der Waals surface area contributed by atoms with Crippen LogP contribution in [-0.2, 0) is 10.0 Å². The minimum Gasteiger partial charge on any atom is -0.398 e. The monoisotopic (exact) mass is 277 g/mol. The summed E-state index contributed by atoms with van der Waals surface area (Å²) in [6.45, 7) is 3.73. The fourth-order valence-corrected chi connectivity index (χ4v) is 2.92. The van der Waals surface area contributed by atoms with E-state index in [9.17, 15) is 8.42 Å². The second-order valence-electron chi connectivity index (χ2n) is 4.32. The molecule has 0 radical (unpaired) electrons. The normalized spacial score (nSPS) is 11.3. The van der Waals surface area contributed by atoms with Gasteiger partial charge in [-0.3, -0.25) is 9.71 Å². The lowest BCUT2D eigenvalue weighted by atomic mass is 10.1. The lowest BCUT2D eigenvalue weighted by Crippen LogP contribution is -2.15. The number of hydrogen-bond acceptors (Lipinski definition) is 4. The predicted molar refractivity (Wildman–Crippen MR) is 75.4 cm³/mol. The van der Waals surface area contributed by atoms with Crippen LogP contribution in [0.2, 0.25) is 0 Å². The lowest BCUT2D eigenvalue weighted by molar-refractivity contribution is 0.601. The van der Waals surface area contributed by atoms with Gasteiger partial charge in [-0.25, -0.2) is 8.42 Å². The molecule has 0 aliphatic rings. The zero-order valence-electron chi connectivity index (χ0n) is 10.7. The van der Waals surface area contributed by atoms with Gasteiger partial charge in [-0.15, -0.1) is 0 Å². The van der Waals surface area contributed by atoms with Crippen molar-refractivity contribution in [2.75, 3.05) is 10.5 Å². The van der Waals surface area contributed by atoms with Crippen LogP contribution in [-0.4, -0.2) is 13.4 Å². The molecule has 0 aliphatic carbocycles. The van der Waals surface area contributed by atoms with Gasteiger partial charge < -0.3 is 5.73 Å². The number of benzene rings is 1. The summed E-state index contributed by atoms with van der Waals surface area (Å²) in [7, 11) is -3.70. The van der Waals surface area contributed by atoms with Crippen LogP contribution in [0.5, 0.6) is 0 Å². The second kappa shape index (κ2) is 4.89. The Morgan fingerprint density at radius 2 is 1.89 bits per heavy atom. The van der Waals surface area contributed by atoms with Gasteiger partial charge in [-0.05, 0) is 49.2 Å². The Labute approximate surface area is 112 Å². The van der Waals surface area contributed by atoms with Crippen molar-refractivity contribution in [3.05, 3.63) is 47.8 Å². The molecule has 5 nitrogen and oxygen atoms in total. The van der Waals surface area contributed by atoms with E-state index in [0.29, 0.717) is 5.69 Å². The quantitative estimate of drug-likeness (QED) is 0.841. The summed E-state index contributed by atoms with van der Waals surface area (Å²) in [4.78, 5) is 3.94. The average molecular weight is 277 g/mol. The number of anilines is 2. The van der Waals surface area contributed by atoms with Crippen LogP contribution < -0.4 is 10.5 Å². The number of nitrogens with one attached hydrogen (secondary N) is 1. The Morgan fingerprint density at radius 3 is 2.53 bits per heavy atom. The molecule has 0 saturated carbocycles. The molecule has 0 fully saturated rings. The molecule has 0 bridgehead atoms. The highest BCUT2D eigenvalue weighted by atomic mass is 32.2.